The Morgan fingerprint density at radius 2 is 2.18 bits per heavy atom. The summed E-state index contributed by atoms with van der Waals surface area (Å²) in [5.41, 5.74) is 7.94. The maximum Gasteiger partial charge on any atom is 0.0440 e. The molecule has 0 radical (unpaired) electrons. The van der Waals surface area contributed by atoms with Crippen molar-refractivity contribution in [3.05, 3.63) is 22.6 Å². The van der Waals surface area contributed by atoms with Crippen molar-refractivity contribution in [2.24, 2.45) is 11.0 Å². The van der Waals surface area contributed by atoms with Gasteiger partial charge in [-0.3, -0.25) is 0 Å². The van der Waals surface area contributed by atoms with Crippen LogP contribution in [0.2, 0.25) is 0 Å². The van der Waals surface area contributed by atoms with E-state index in [2.05, 4.69) is 29.9 Å². The lowest BCUT2D eigenvalue weighted by Crippen LogP contribution is -1.83. The molecular formula is C8H15N3. The zero-order chi connectivity index (χ0) is 8.53. The first-order chi connectivity index (χ1) is 5.27. The van der Waals surface area contributed by atoms with E-state index >= 15 is 0 Å². The van der Waals surface area contributed by atoms with Crippen molar-refractivity contribution >= 4 is 0 Å². The highest BCUT2D eigenvalue weighted by atomic mass is 15.1. The first-order valence-corrected chi connectivity index (χ1v) is 3.93. The molecule has 0 aliphatic rings. The van der Waals surface area contributed by atoms with Crippen LogP contribution in [0.4, 0.5) is 0 Å². The third-order valence-corrected chi connectivity index (χ3v) is 1.33. The third-order valence-electron chi connectivity index (χ3n) is 1.33. The Balaban J connectivity index is 3.23. The summed E-state index contributed by atoms with van der Waals surface area (Å²) >= 11 is 0. The van der Waals surface area contributed by atoms with Crippen LogP contribution in [-0.2, 0) is 0 Å². The number of rotatable bonds is 5. The van der Waals surface area contributed by atoms with E-state index in [1.807, 2.05) is 6.08 Å². The van der Waals surface area contributed by atoms with Crippen molar-refractivity contribution in [1.82, 2.24) is 0 Å². The molecule has 0 rings (SSSR count). The lowest BCUT2D eigenvalue weighted by atomic mass is 10.1. The van der Waals surface area contributed by atoms with Gasteiger partial charge in [0.25, 0.3) is 0 Å². The van der Waals surface area contributed by atoms with Crippen molar-refractivity contribution in [3.8, 4) is 0 Å². The first kappa shape index (κ1) is 10.0. The van der Waals surface area contributed by atoms with Crippen molar-refractivity contribution in [1.29, 1.82) is 0 Å². The SMILES string of the molecule is CC(C)CC/C=C/CN=[N+]=[N-]. The summed E-state index contributed by atoms with van der Waals surface area (Å²) in [5, 5.41) is 3.38. The predicted octanol–water partition coefficient (Wildman–Crippen LogP) is 3.29. The van der Waals surface area contributed by atoms with Crippen LogP contribution in [0.3, 0.4) is 0 Å². The molecule has 0 amide bonds. The molecule has 3 nitrogen and oxygen atoms in total. The van der Waals surface area contributed by atoms with E-state index in [0.717, 1.165) is 12.3 Å². The Kier molecular flexibility index (Phi) is 6.54. The third kappa shape index (κ3) is 9.05. The van der Waals surface area contributed by atoms with E-state index in [-0.39, 0.29) is 0 Å². The van der Waals surface area contributed by atoms with Crippen LogP contribution < -0.4 is 0 Å². The molecule has 0 aromatic rings. The van der Waals surface area contributed by atoms with Gasteiger partial charge in [-0.2, -0.15) is 0 Å². The van der Waals surface area contributed by atoms with Gasteiger partial charge < -0.3 is 0 Å². The normalized spacial score (nSPS) is 10.5. The molecule has 0 spiro atoms. The summed E-state index contributed by atoms with van der Waals surface area (Å²) < 4.78 is 0. The molecule has 0 saturated carbocycles. The second-order valence-corrected chi connectivity index (χ2v) is 2.86. The monoisotopic (exact) mass is 153 g/mol. The predicted molar refractivity (Wildman–Crippen MR) is 47.2 cm³/mol. The number of nitrogens with zero attached hydrogens (tertiary/aromatic N) is 3. The van der Waals surface area contributed by atoms with Crippen molar-refractivity contribution in [3.63, 3.8) is 0 Å². The molecular weight excluding hydrogens is 138 g/mol. The van der Waals surface area contributed by atoms with Crippen LogP contribution in [0.1, 0.15) is 26.7 Å². The number of hydrogen-bond acceptors (Lipinski definition) is 1. The molecule has 0 heterocycles. The second-order valence-electron chi connectivity index (χ2n) is 2.86. The molecule has 0 bridgehead atoms. The molecule has 0 fully saturated rings. The van der Waals surface area contributed by atoms with Gasteiger partial charge in [-0.15, -0.1) is 0 Å². The quantitative estimate of drug-likeness (QED) is 0.252. The van der Waals surface area contributed by atoms with Crippen LogP contribution >= 0.6 is 0 Å². The highest BCUT2D eigenvalue weighted by Crippen LogP contribution is 2.03. The Morgan fingerprint density at radius 3 is 2.73 bits per heavy atom. The molecule has 0 aromatic carbocycles. The Bertz CT molecular complexity index is 155. The second kappa shape index (κ2) is 7.16. The highest BCUT2D eigenvalue weighted by Gasteiger charge is 1.88. The van der Waals surface area contributed by atoms with Gasteiger partial charge in [-0.25, -0.2) is 0 Å². The molecule has 62 valence electrons. The minimum atomic E-state index is 0.481. The van der Waals surface area contributed by atoms with Crippen LogP contribution in [0, 0.1) is 5.92 Å². The smallest absolute Gasteiger partial charge is 0.0440 e. The fraction of sp³-hybridized carbons (Fsp3) is 0.750. The van der Waals surface area contributed by atoms with E-state index in [1.54, 1.807) is 0 Å². The summed E-state index contributed by atoms with van der Waals surface area (Å²) in [6.07, 6.45) is 6.25. The maximum absolute atomic E-state index is 7.94. The van der Waals surface area contributed by atoms with E-state index < -0.39 is 0 Å². The lowest BCUT2D eigenvalue weighted by molar-refractivity contribution is 0.594. The van der Waals surface area contributed by atoms with Crippen LogP contribution in [0.15, 0.2) is 17.3 Å². The van der Waals surface area contributed by atoms with E-state index in [1.165, 1.54) is 6.42 Å². The Morgan fingerprint density at radius 1 is 1.45 bits per heavy atom. The zero-order valence-electron chi connectivity index (χ0n) is 7.20. The minimum absolute atomic E-state index is 0.481. The largest absolute Gasteiger partial charge is 0.0899 e. The van der Waals surface area contributed by atoms with Crippen LogP contribution in [-0.4, -0.2) is 6.54 Å². The van der Waals surface area contributed by atoms with E-state index in [9.17, 15) is 0 Å². The molecule has 0 N–H and O–H groups in total. The van der Waals surface area contributed by atoms with Crippen molar-refractivity contribution < 1.29 is 0 Å². The van der Waals surface area contributed by atoms with Gasteiger partial charge in [0, 0.05) is 11.5 Å². The fourth-order valence-corrected chi connectivity index (χ4v) is 0.706. The van der Waals surface area contributed by atoms with Crippen molar-refractivity contribution in [2.75, 3.05) is 6.54 Å². The van der Waals surface area contributed by atoms with Gasteiger partial charge in [0.15, 0.2) is 0 Å². The molecule has 11 heavy (non-hydrogen) atoms. The van der Waals surface area contributed by atoms with Gasteiger partial charge in [0.05, 0.1) is 0 Å². The molecule has 0 aliphatic heterocycles. The number of allylic oxidation sites excluding steroid dienone is 1. The summed E-state index contributed by atoms with van der Waals surface area (Å²) in [4.78, 5) is 2.64. The van der Waals surface area contributed by atoms with Gasteiger partial charge in [0.1, 0.15) is 0 Å². The zero-order valence-corrected chi connectivity index (χ0v) is 7.20. The summed E-state index contributed by atoms with van der Waals surface area (Å²) in [6.45, 7) is 4.87. The highest BCUT2D eigenvalue weighted by molar-refractivity contribution is 4.83. The van der Waals surface area contributed by atoms with Gasteiger partial charge in [-0.1, -0.05) is 31.1 Å². The average Bonchev–Trinajstić information content (AvgIpc) is 1.96. The molecule has 0 atom stereocenters. The average molecular weight is 153 g/mol. The standard InChI is InChI=1S/C8H15N3/c1-8(2)6-4-3-5-7-10-11-9/h3,5,8H,4,6-7H2,1-2H3/b5-3+. The number of hydrogen-bond donors (Lipinski definition) is 0. The Labute approximate surface area is 67.7 Å². The van der Waals surface area contributed by atoms with Crippen LogP contribution in [0.5, 0.6) is 0 Å². The molecule has 3 heteroatoms. The topological polar surface area (TPSA) is 48.8 Å². The number of azide groups is 1. The van der Waals surface area contributed by atoms with Gasteiger partial charge in [0.2, 0.25) is 0 Å². The van der Waals surface area contributed by atoms with Crippen molar-refractivity contribution in [2.45, 2.75) is 26.7 Å². The summed E-state index contributed by atoms with van der Waals surface area (Å²) in [6, 6.07) is 0. The maximum atomic E-state index is 7.94. The Hall–Kier alpha value is -0.950. The molecule has 0 aliphatic carbocycles. The fourth-order valence-electron chi connectivity index (χ4n) is 0.706. The van der Waals surface area contributed by atoms with Gasteiger partial charge in [-0.05, 0) is 24.3 Å². The molecule has 0 unspecified atom stereocenters. The van der Waals surface area contributed by atoms with Crippen LogP contribution in [0.25, 0.3) is 10.4 Å². The van der Waals surface area contributed by atoms with Gasteiger partial charge >= 0.3 is 0 Å². The molecule has 0 saturated heterocycles. The first-order valence-electron chi connectivity index (χ1n) is 3.93. The van der Waals surface area contributed by atoms with E-state index in [4.69, 9.17) is 5.53 Å². The summed E-state index contributed by atoms with van der Waals surface area (Å²) in [5.74, 6) is 0.749. The minimum Gasteiger partial charge on any atom is -0.0899 e. The summed E-state index contributed by atoms with van der Waals surface area (Å²) in [7, 11) is 0. The van der Waals surface area contributed by atoms with E-state index in [0.29, 0.717) is 6.54 Å². The lowest BCUT2D eigenvalue weighted by Gasteiger charge is -1.97. The molecule has 0 aromatic heterocycles.